The van der Waals surface area contributed by atoms with Crippen LogP contribution in [0.25, 0.3) is 11.1 Å². The van der Waals surface area contributed by atoms with Crippen LogP contribution in [0.4, 0.5) is 26.3 Å². The van der Waals surface area contributed by atoms with Gasteiger partial charge in [-0.25, -0.2) is 14.4 Å². The van der Waals surface area contributed by atoms with Crippen molar-refractivity contribution in [3.05, 3.63) is 83.7 Å². The van der Waals surface area contributed by atoms with E-state index in [1.165, 1.54) is 30.9 Å². The molecule has 0 unspecified atom stereocenters. The SMILES string of the molecule is O=C(NCC(F)(F)c1ccc(-c2cncnc2)cc1F)c1ccccc1C(F)(F)F. The van der Waals surface area contributed by atoms with E-state index < -0.39 is 47.1 Å². The van der Waals surface area contributed by atoms with E-state index in [4.69, 9.17) is 0 Å². The normalized spacial score (nSPS) is 11.9. The summed E-state index contributed by atoms with van der Waals surface area (Å²) in [6, 6.07) is 6.71. The van der Waals surface area contributed by atoms with E-state index in [1.807, 2.05) is 0 Å². The molecule has 0 saturated heterocycles. The van der Waals surface area contributed by atoms with E-state index in [0.717, 1.165) is 24.3 Å². The Bertz CT molecular complexity index is 1050. The Hall–Kier alpha value is -3.43. The van der Waals surface area contributed by atoms with Gasteiger partial charge in [0.1, 0.15) is 12.1 Å². The Labute approximate surface area is 166 Å². The van der Waals surface area contributed by atoms with Gasteiger partial charge in [-0.2, -0.15) is 22.0 Å². The van der Waals surface area contributed by atoms with Crippen LogP contribution in [0.3, 0.4) is 0 Å². The summed E-state index contributed by atoms with van der Waals surface area (Å²) >= 11 is 0. The molecule has 1 heterocycles. The topological polar surface area (TPSA) is 54.9 Å². The molecule has 0 radical (unpaired) electrons. The lowest BCUT2D eigenvalue weighted by molar-refractivity contribution is -0.137. The summed E-state index contributed by atoms with van der Waals surface area (Å²) in [4.78, 5) is 19.6. The smallest absolute Gasteiger partial charge is 0.346 e. The molecule has 3 aromatic rings. The second-order valence-corrected chi connectivity index (χ2v) is 6.25. The highest BCUT2D eigenvalue weighted by atomic mass is 19.4. The largest absolute Gasteiger partial charge is 0.417 e. The second-order valence-electron chi connectivity index (χ2n) is 6.25. The lowest BCUT2D eigenvalue weighted by Crippen LogP contribution is -2.36. The van der Waals surface area contributed by atoms with Gasteiger partial charge in [0, 0.05) is 18.0 Å². The molecule has 2 aromatic carbocycles. The third-order valence-electron chi connectivity index (χ3n) is 4.21. The summed E-state index contributed by atoms with van der Waals surface area (Å²) in [7, 11) is 0. The van der Waals surface area contributed by atoms with E-state index in [9.17, 15) is 31.1 Å². The fourth-order valence-corrected chi connectivity index (χ4v) is 2.75. The van der Waals surface area contributed by atoms with Gasteiger partial charge in [0.05, 0.1) is 23.2 Å². The molecule has 10 heteroatoms. The van der Waals surface area contributed by atoms with Crippen LogP contribution in [0.1, 0.15) is 21.5 Å². The van der Waals surface area contributed by atoms with Crippen molar-refractivity contribution in [2.24, 2.45) is 0 Å². The molecule has 156 valence electrons. The predicted molar refractivity (Wildman–Crippen MR) is 95.1 cm³/mol. The highest BCUT2D eigenvalue weighted by Crippen LogP contribution is 2.33. The molecular formula is C20H13F6N3O. The monoisotopic (exact) mass is 425 g/mol. The van der Waals surface area contributed by atoms with E-state index in [1.54, 1.807) is 5.32 Å². The number of hydrogen-bond donors (Lipinski definition) is 1. The van der Waals surface area contributed by atoms with Crippen LogP contribution in [0, 0.1) is 5.82 Å². The first-order valence-electron chi connectivity index (χ1n) is 8.47. The molecule has 30 heavy (non-hydrogen) atoms. The molecule has 0 aliphatic heterocycles. The minimum Gasteiger partial charge on any atom is -0.346 e. The van der Waals surface area contributed by atoms with Gasteiger partial charge in [-0.3, -0.25) is 4.79 Å². The molecule has 0 fully saturated rings. The number of amides is 1. The number of aromatic nitrogens is 2. The number of benzene rings is 2. The number of nitrogens with one attached hydrogen (secondary N) is 1. The van der Waals surface area contributed by atoms with Gasteiger partial charge in [0.25, 0.3) is 11.8 Å². The Kier molecular flexibility index (Phi) is 5.77. The van der Waals surface area contributed by atoms with Gasteiger partial charge in [-0.05, 0) is 29.8 Å². The molecule has 0 spiro atoms. The van der Waals surface area contributed by atoms with Gasteiger partial charge >= 0.3 is 6.18 Å². The number of carbonyl (C=O) groups is 1. The van der Waals surface area contributed by atoms with Crippen LogP contribution in [0.5, 0.6) is 0 Å². The van der Waals surface area contributed by atoms with Crippen molar-refractivity contribution in [1.82, 2.24) is 15.3 Å². The van der Waals surface area contributed by atoms with E-state index in [-0.39, 0.29) is 5.56 Å². The van der Waals surface area contributed by atoms with Crippen LogP contribution in [-0.2, 0) is 12.1 Å². The third kappa shape index (κ3) is 4.58. The molecule has 1 aromatic heterocycles. The molecular weight excluding hydrogens is 412 g/mol. The lowest BCUT2D eigenvalue weighted by atomic mass is 10.0. The van der Waals surface area contributed by atoms with Crippen LogP contribution < -0.4 is 5.32 Å². The van der Waals surface area contributed by atoms with Crippen molar-refractivity contribution in [2.45, 2.75) is 12.1 Å². The molecule has 0 saturated carbocycles. The number of nitrogens with zero attached hydrogens (tertiary/aromatic N) is 2. The fourth-order valence-electron chi connectivity index (χ4n) is 2.75. The molecule has 0 aliphatic rings. The summed E-state index contributed by atoms with van der Waals surface area (Å²) in [5, 5.41) is 1.75. The minimum absolute atomic E-state index is 0.260. The van der Waals surface area contributed by atoms with Crippen molar-refractivity contribution >= 4 is 5.91 Å². The first-order chi connectivity index (χ1) is 14.1. The molecule has 1 amide bonds. The molecule has 0 bridgehead atoms. The quantitative estimate of drug-likeness (QED) is 0.597. The van der Waals surface area contributed by atoms with E-state index in [2.05, 4.69) is 9.97 Å². The zero-order chi connectivity index (χ0) is 21.9. The van der Waals surface area contributed by atoms with Gasteiger partial charge in [0.15, 0.2) is 0 Å². The first-order valence-corrected chi connectivity index (χ1v) is 8.47. The summed E-state index contributed by atoms with van der Waals surface area (Å²) in [5.74, 6) is -6.45. The Morgan fingerprint density at radius 1 is 0.900 bits per heavy atom. The second kappa shape index (κ2) is 8.13. The number of carbonyl (C=O) groups excluding carboxylic acids is 1. The van der Waals surface area contributed by atoms with Gasteiger partial charge in [0.2, 0.25) is 0 Å². The van der Waals surface area contributed by atoms with Crippen molar-refractivity contribution in [1.29, 1.82) is 0 Å². The first kappa shape index (κ1) is 21.3. The zero-order valence-electron chi connectivity index (χ0n) is 15.1. The van der Waals surface area contributed by atoms with Crippen molar-refractivity contribution < 1.29 is 31.1 Å². The number of halogens is 6. The average molecular weight is 425 g/mol. The molecule has 0 atom stereocenters. The number of rotatable bonds is 5. The molecule has 0 aliphatic carbocycles. The number of hydrogen-bond acceptors (Lipinski definition) is 3. The van der Waals surface area contributed by atoms with Crippen LogP contribution >= 0.6 is 0 Å². The molecule has 1 N–H and O–H groups in total. The van der Waals surface area contributed by atoms with Crippen molar-refractivity contribution in [3.8, 4) is 11.1 Å². The van der Waals surface area contributed by atoms with Gasteiger partial charge < -0.3 is 5.32 Å². The maximum Gasteiger partial charge on any atom is 0.417 e. The Morgan fingerprint density at radius 2 is 1.57 bits per heavy atom. The van der Waals surface area contributed by atoms with E-state index in [0.29, 0.717) is 11.6 Å². The van der Waals surface area contributed by atoms with Gasteiger partial charge in [-0.1, -0.05) is 18.2 Å². The molecule has 3 rings (SSSR count). The highest BCUT2D eigenvalue weighted by molar-refractivity contribution is 5.95. The van der Waals surface area contributed by atoms with E-state index >= 15 is 0 Å². The number of alkyl halides is 5. The van der Waals surface area contributed by atoms with Crippen LogP contribution in [-0.4, -0.2) is 22.4 Å². The Balaban J connectivity index is 1.78. The van der Waals surface area contributed by atoms with Crippen LogP contribution in [0.15, 0.2) is 61.2 Å². The fraction of sp³-hybridized carbons (Fsp3) is 0.150. The zero-order valence-corrected chi connectivity index (χ0v) is 15.1. The average Bonchev–Trinajstić information content (AvgIpc) is 2.72. The Morgan fingerprint density at radius 3 is 2.20 bits per heavy atom. The summed E-state index contributed by atoms with van der Waals surface area (Å²) in [5.41, 5.74) is -2.40. The third-order valence-corrected chi connectivity index (χ3v) is 4.21. The van der Waals surface area contributed by atoms with Crippen molar-refractivity contribution in [3.63, 3.8) is 0 Å². The summed E-state index contributed by atoms with van der Waals surface area (Å²) < 4.78 is 82.2. The highest BCUT2D eigenvalue weighted by Gasteiger charge is 2.37. The predicted octanol–water partition coefficient (Wildman–Crippen LogP) is 4.82. The maximum atomic E-state index is 14.5. The standard InChI is InChI=1S/C20H13F6N3O/c21-17-7-12(13-8-27-11-28-9-13)5-6-16(17)19(22,23)10-29-18(30)14-3-1-2-4-15(14)20(24,25)26/h1-9,11H,10H2,(H,29,30). The summed E-state index contributed by atoms with van der Waals surface area (Å²) in [6.07, 6.45) is -0.836. The van der Waals surface area contributed by atoms with Crippen molar-refractivity contribution in [2.75, 3.05) is 6.54 Å². The lowest BCUT2D eigenvalue weighted by Gasteiger charge is -2.19. The van der Waals surface area contributed by atoms with Crippen LogP contribution in [0.2, 0.25) is 0 Å². The minimum atomic E-state index is -4.83. The summed E-state index contributed by atoms with van der Waals surface area (Å²) in [6.45, 7) is -1.39. The van der Waals surface area contributed by atoms with Gasteiger partial charge in [-0.15, -0.1) is 0 Å². The maximum absolute atomic E-state index is 14.5. The molecule has 4 nitrogen and oxygen atoms in total.